The van der Waals surface area contributed by atoms with Gasteiger partial charge in [-0.1, -0.05) is 32.0 Å². The number of nitrogens with zero attached hydrogens (tertiary/aromatic N) is 2. The number of cyclic esters (lactones) is 1. The number of benzene rings is 1. The fraction of sp³-hybridized carbons (Fsp3) is 0.318. The van der Waals surface area contributed by atoms with E-state index in [1.807, 2.05) is 18.2 Å². The molecule has 2 aromatic heterocycles. The van der Waals surface area contributed by atoms with Gasteiger partial charge in [0.05, 0.1) is 29.0 Å². The molecule has 0 saturated carbocycles. The summed E-state index contributed by atoms with van der Waals surface area (Å²) in [5.41, 5.74) is 3.18. The van der Waals surface area contributed by atoms with Crippen molar-refractivity contribution in [3.63, 3.8) is 0 Å². The molecule has 0 aliphatic carbocycles. The zero-order valence-corrected chi connectivity index (χ0v) is 17.0. The monoisotopic (exact) mass is 412 g/mol. The van der Waals surface area contributed by atoms with Gasteiger partial charge in [-0.05, 0) is 30.5 Å². The van der Waals surface area contributed by atoms with E-state index in [0.717, 1.165) is 28.6 Å². The third-order valence-electron chi connectivity index (χ3n) is 6.07. The van der Waals surface area contributed by atoms with E-state index >= 15 is 0 Å². The molecule has 6 nitrogen and oxygen atoms in total. The summed E-state index contributed by atoms with van der Waals surface area (Å²) in [6.07, 6.45) is 0.967. The van der Waals surface area contributed by atoms with Crippen LogP contribution >= 0.6 is 12.4 Å². The molecular weight excluding hydrogens is 392 g/mol. The van der Waals surface area contributed by atoms with Gasteiger partial charge in [0.25, 0.3) is 5.56 Å². The number of esters is 1. The summed E-state index contributed by atoms with van der Waals surface area (Å²) in [6, 6.07) is 9.72. The number of hydrogen-bond donors (Lipinski definition) is 1. The molecular formula is C22H21ClN2O4. The molecule has 1 atom stereocenters. The summed E-state index contributed by atoms with van der Waals surface area (Å²) >= 11 is 0. The predicted octanol–water partition coefficient (Wildman–Crippen LogP) is 3.06. The number of carbonyl (C=O) groups is 1. The van der Waals surface area contributed by atoms with Crippen LogP contribution in [-0.2, 0) is 34.7 Å². The molecule has 0 amide bonds. The van der Waals surface area contributed by atoms with Crippen molar-refractivity contribution < 1.29 is 14.6 Å². The van der Waals surface area contributed by atoms with Gasteiger partial charge in [-0.15, -0.1) is 12.4 Å². The van der Waals surface area contributed by atoms with E-state index < -0.39 is 11.6 Å². The molecule has 2 aliphatic rings. The molecule has 4 heterocycles. The van der Waals surface area contributed by atoms with Gasteiger partial charge in [-0.25, -0.2) is 9.78 Å². The Bertz CT molecular complexity index is 1230. The Morgan fingerprint density at radius 1 is 1.21 bits per heavy atom. The second kappa shape index (κ2) is 6.68. The van der Waals surface area contributed by atoms with Crippen molar-refractivity contribution in [3.8, 4) is 11.4 Å². The van der Waals surface area contributed by atoms with E-state index in [0.29, 0.717) is 23.4 Å². The van der Waals surface area contributed by atoms with Crippen LogP contribution in [0.3, 0.4) is 0 Å². The number of aliphatic hydroxyl groups is 1. The van der Waals surface area contributed by atoms with Gasteiger partial charge in [-0.2, -0.15) is 0 Å². The third-order valence-corrected chi connectivity index (χ3v) is 6.07. The smallest absolute Gasteiger partial charge is 0.343 e. The minimum absolute atomic E-state index is 0. The quantitative estimate of drug-likeness (QED) is 0.512. The normalized spacial score (nSPS) is 19.2. The molecule has 5 rings (SSSR count). The number of hydrogen-bond acceptors (Lipinski definition) is 5. The zero-order valence-electron chi connectivity index (χ0n) is 16.2. The van der Waals surface area contributed by atoms with Crippen LogP contribution in [0.1, 0.15) is 42.5 Å². The Morgan fingerprint density at radius 2 is 1.97 bits per heavy atom. The number of fused-ring (bicyclic) bond motifs is 5. The van der Waals surface area contributed by atoms with Crippen molar-refractivity contribution in [1.82, 2.24) is 9.55 Å². The molecule has 7 heteroatoms. The van der Waals surface area contributed by atoms with Crippen molar-refractivity contribution in [2.24, 2.45) is 0 Å². The van der Waals surface area contributed by atoms with Crippen molar-refractivity contribution in [2.45, 2.75) is 45.4 Å². The first-order valence-corrected chi connectivity index (χ1v) is 9.57. The lowest BCUT2D eigenvalue weighted by atomic mass is 9.86. The number of rotatable bonds is 2. The Labute approximate surface area is 173 Å². The first-order chi connectivity index (χ1) is 13.5. The van der Waals surface area contributed by atoms with E-state index in [1.165, 1.54) is 5.56 Å². The van der Waals surface area contributed by atoms with Crippen molar-refractivity contribution in [3.05, 3.63) is 62.9 Å². The van der Waals surface area contributed by atoms with Crippen LogP contribution in [0, 0.1) is 0 Å². The molecule has 0 spiro atoms. The SMILES string of the molecule is CCc1c2c(nc3ccccc13)-c1cc3c(c(=O)n1C2)COC(=O)[C@]3(O)CC.Cl. The largest absolute Gasteiger partial charge is 0.458 e. The lowest BCUT2D eigenvalue weighted by molar-refractivity contribution is -0.172. The molecule has 0 radical (unpaired) electrons. The fourth-order valence-corrected chi connectivity index (χ4v) is 4.52. The Morgan fingerprint density at radius 3 is 2.69 bits per heavy atom. The number of aryl methyl sites for hydroxylation is 1. The molecule has 2 aliphatic heterocycles. The van der Waals surface area contributed by atoms with E-state index in [2.05, 4.69) is 13.0 Å². The molecule has 150 valence electrons. The number of aromatic nitrogens is 2. The van der Waals surface area contributed by atoms with Crippen molar-refractivity contribution in [2.75, 3.05) is 0 Å². The highest BCUT2D eigenvalue weighted by molar-refractivity contribution is 5.89. The van der Waals surface area contributed by atoms with E-state index in [9.17, 15) is 14.7 Å². The van der Waals surface area contributed by atoms with Crippen LogP contribution < -0.4 is 5.56 Å². The highest BCUT2D eigenvalue weighted by Crippen LogP contribution is 2.40. The van der Waals surface area contributed by atoms with E-state index in [-0.39, 0.29) is 31.0 Å². The van der Waals surface area contributed by atoms with Gasteiger partial charge in [0, 0.05) is 16.5 Å². The zero-order chi connectivity index (χ0) is 19.6. The van der Waals surface area contributed by atoms with Gasteiger partial charge in [-0.3, -0.25) is 4.79 Å². The van der Waals surface area contributed by atoms with Crippen LogP contribution in [-0.4, -0.2) is 20.6 Å². The predicted molar refractivity (Wildman–Crippen MR) is 111 cm³/mol. The Hall–Kier alpha value is -2.70. The average molecular weight is 413 g/mol. The molecule has 29 heavy (non-hydrogen) atoms. The van der Waals surface area contributed by atoms with Gasteiger partial charge >= 0.3 is 5.97 Å². The first kappa shape index (κ1) is 19.6. The van der Waals surface area contributed by atoms with Crippen molar-refractivity contribution >= 4 is 29.3 Å². The average Bonchev–Trinajstić information content (AvgIpc) is 3.08. The van der Waals surface area contributed by atoms with Gasteiger partial charge in [0.2, 0.25) is 0 Å². The number of halogens is 1. The summed E-state index contributed by atoms with van der Waals surface area (Å²) in [5.74, 6) is -0.703. The van der Waals surface area contributed by atoms with Crippen LogP contribution in [0.2, 0.25) is 0 Å². The lowest BCUT2D eigenvalue weighted by Gasteiger charge is -2.31. The lowest BCUT2D eigenvalue weighted by Crippen LogP contribution is -2.44. The van der Waals surface area contributed by atoms with Crippen LogP contribution in [0.4, 0.5) is 0 Å². The second-order valence-electron chi connectivity index (χ2n) is 7.39. The molecule has 0 fully saturated rings. The minimum atomic E-state index is -1.80. The standard InChI is InChI=1S/C22H20N2O4.ClH/c1-3-12-13-7-5-6-8-17(13)23-19-14(12)10-24-18(19)9-16-15(20(24)25)11-28-21(26)22(16,27)4-2;/h5-9,27H,3-4,10-11H2,1-2H3;1H/t22-;/m0./s1. The maximum Gasteiger partial charge on any atom is 0.343 e. The summed E-state index contributed by atoms with van der Waals surface area (Å²) in [4.78, 5) is 30.3. The molecule has 0 unspecified atom stereocenters. The Kier molecular flexibility index (Phi) is 4.52. The summed E-state index contributed by atoms with van der Waals surface area (Å²) < 4.78 is 6.80. The first-order valence-electron chi connectivity index (χ1n) is 9.57. The van der Waals surface area contributed by atoms with Gasteiger partial charge < -0.3 is 14.4 Å². The van der Waals surface area contributed by atoms with Crippen molar-refractivity contribution in [1.29, 1.82) is 0 Å². The molecule has 0 saturated heterocycles. The van der Waals surface area contributed by atoms with E-state index in [1.54, 1.807) is 17.6 Å². The summed E-state index contributed by atoms with van der Waals surface area (Å²) in [7, 11) is 0. The molecule has 0 bridgehead atoms. The number of ether oxygens (including phenoxy) is 1. The summed E-state index contributed by atoms with van der Waals surface area (Å²) in [5, 5.41) is 12.0. The second-order valence-corrected chi connectivity index (χ2v) is 7.39. The Balaban J connectivity index is 0.00000205. The molecule has 1 aromatic carbocycles. The molecule has 1 N–H and O–H groups in total. The number of carbonyl (C=O) groups excluding carboxylic acids is 1. The van der Waals surface area contributed by atoms with Gasteiger partial charge in [0.1, 0.15) is 6.61 Å². The maximum atomic E-state index is 13.2. The number of pyridine rings is 2. The van der Waals surface area contributed by atoms with Crippen LogP contribution in [0.25, 0.3) is 22.3 Å². The van der Waals surface area contributed by atoms with Crippen LogP contribution in [0.5, 0.6) is 0 Å². The minimum Gasteiger partial charge on any atom is -0.458 e. The maximum absolute atomic E-state index is 13.2. The van der Waals surface area contributed by atoms with E-state index in [4.69, 9.17) is 9.72 Å². The van der Waals surface area contributed by atoms with Gasteiger partial charge in [0.15, 0.2) is 5.60 Å². The highest BCUT2D eigenvalue weighted by Gasteiger charge is 2.45. The fourth-order valence-electron chi connectivity index (χ4n) is 4.52. The van der Waals surface area contributed by atoms with Crippen LogP contribution in [0.15, 0.2) is 35.1 Å². The summed E-state index contributed by atoms with van der Waals surface area (Å²) in [6.45, 7) is 4.13. The molecule has 3 aromatic rings. The topological polar surface area (TPSA) is 81.4 Å². The highest BCUT2D eigenvalue weighted by atomic mass is 35.5. The number of para-hydroxylation sites is 1. The third kappa shape index (κ3) is 2.49.